The fraction of sp³-hybridized carbons (Fsp3) is 0.897. The molecule has 1 nitrogen and oxygen atoms in total. The molecule has 1 heteroatoms. The number of carbonyl (C=O) groups excluding carboxylic acids is 1. The van der Waals surface area contributed by atoms with Crippen LogP contribution in [0.25, 0.3) is 0 Å². The quantitative estimate of drug-likeness (QED) is 0.401. The van der Waals surface area contributed by atoms with Crippen molar-refractivity contribution in [1.82, 2.24) is 0 Å². The van der Waals surface area contributed by atoms with Gasteiger partial charge in [-0.05, 0) is 97.2 Å². The third-order valence-electron chi connectivity index (χ3n) is 11.2. The Hall–Kier alpha value is -0.590. The fourth-order valence-electron chi connectivity index (χ4n) is 9.14. The van der Waals surface area contributed by atoms with E-state index in [1.807, 2.05) is 0 Å². The van der Waals surface area contributed by atoms with Crippen molar-refractivity contribution in [1.29, 1.82) is 0 Å². The number of hydrogen-bond donors (Lipinski definition) is 0. The first-order chi connectivity index (χ1) is 14.2. The van der Waals surface area contributed by atoms with Crippen LogP contribution in [0.15, 0.2) is 11.6 Å². The van der Waals surface area contributed by atoms with Gasteiger partial charge in [0.2, 0.25) is 0 Å². The Balaban J connectivity index is 1.48. The van der Waals surface area contributed by atoms with Gasteiger partial charge in [0.1, 0.15) is 5.78 Å². The number of carbonyl (C=O) groups is 1. The average molecular weight is 413 g/mol. The summed E-state index contributed by atoms with van der Waals surface area (Å²) in [5, 5.41) is 0. The van der Waals surface area contributed by atoms with Crippen molar-refractivity contribution in [2.75, 3.05) is 0 Å². The van der Waals surface area contributed by atoms with E-state index in [9.17, 15) is 4.79 Å². The highest BCUT2D eigenvalue weighted by atomic mass is 16.1. The van der Waals surface area contributed by atoms with Gasteiger partial charge in [-0.25, -0.2) is 0 Å². The molecule has 0 unspecified atom stereocenters. The maximum Gasteiger partial charge on any atom is 0.136 e. The van der Waals surface area contributed by atoms with Crippen molar-refractivity contribution in [3.8, 4) is 0 Å². The molecule has 8 atom stereocenters. The smallest absolute Gasteiger partial charge is 0.136 e. The molecule has 30 heavy (non-hydrogen) atoms. The number of rotatable bonds is 6. The summed E-state index contributed by atoms with van der Waals surface area (Å²) in [5.74, 6) is 6.66. The number of ketones is 1. The second-order valence-corrected chi connectivity index (χ2v) is 12.7. The van der Waals surface area contributed by atoms with Gasteiger partial charge < -0.3 is 0 Å². The second-order valence-electron chi connectivity index (χ2n) is 12.7. The molecule has 0 N–H and O–H groups in total. The molecule has 0 bridgehead atoms. The molecule has 0 radical (unpaired) electrons. The maximum absolute atomic E-state index is 12.1. The van der Waals surface area contributed by atoms with Crippen LogP contribution in [0.5, 0.6) is 0 Å². The lowest BCUT2D eigenvalue weighted by Gasteiger charge is -2.58. The van der Waals surface area contributed by atoms with Crippen molar-refractivity contribution < 1.29 is 4.79 Å². The molecular formula is C29H48O. The van der Waals surface area contributed by atoms with Crippen LogP contribution in [0, 0.1) is 52.3 Å². The molecule has 0 aliphatic heterocycles. The van der Waals surface area contributed by atoms with Crippen LogP contribution in [0.2, 0.25) is 0 Å². The van der Waals surface area contributed by atoms with E-state index in [0.29, 0.717) is 16.6 Å². The highest BCUT2D eigenvalue weighted by molar-refractivity contribution is 5.82. The van der Waals surface area contributed by atoms with Gasteiger partial charge in [-0.1, -0.05) is 66.0 Å². The predicted molar refractivity (Wildman–Crippen MR) is 127 cm³/mol. The van der Waals surface area contributed by atoms with E-state index in [1.165, 1.54) is 56.9 Å². The van der Waals surface area contributed by atoms with Gasteiger partial charge in [0.15, 0.2) is 0 Å². The third-order valence-corrected chi connectivity index (χ3v) is 11.2. The lowest BCUT2D eigenvalue weighted by molar-refractivity contribution is -0.122. The topological polar surface area (TPSA) is 17.1 Å². The highest BCUT2D eigenvalue weighted by Crippen LogP contribution is 2.67. The van der Waals surface area contributed by atoms with E-state index in [-0.39, 0.29) is 0 Å². The Morgan fingerprint density at radius 1 is 1.03 bits per heavy atom. The summed E-state index contributed by atoms with van der Waals surface area (Å²) in [7, 11) is 0. The predicted octanol–water partition coefficient (Wildman–Crippen LogP) is 8.23. The molecule has 0 spiro atoms. The SMILES string of the molecule is CC[C@H](CC[C@@H](C)[C@H]1CC[C@H]2[C@@H]3CC=C4CC(=O)CC[C@]4(C)[C@H]3CC[C@]12C)C(C)C. The lowest BCUT2D eigenvalue weighted by atomic mass is 9.47. The van der Waals surface area contributed by atoms with Gasteiger partial charge in [0, 0.05) is 12.8 Å². The zero-order valence-electron chi connectivity index (χ0n) is 20.8. The van der Waals surface area contributed by atoms with Crippen LogP contribution in [-0.2, 0) is 4.79 Å². The molecule has 4 aliphatic carbocycles. The molecule has 0 saturated heterocycles. The third kappa shape index (κ3) is 3.65. The molecule has 170 valence electrons. The van der Waals surface area contributed by atoms with Crippen LogP contribution in [0.4, 0.5) is 0 Å². The largest absolute Gasteiger partial charge is 0.299 e. The Kier molecular flexibility index (Phi) is 6.33. The standard InChI is InChI=1S/C29H48O/c1-7-21(19(2)3)9-8-20(4)25-12-13-26-24-11-10-22-18-23(30)14-16-28(22,5)27(24)15-17-29(25,26)6/h10,19-21,24-27H,7-9,11-18H2,1-6H3/t20-,21-,24+,25-,26+,27+,28+,29-/m1/s1. The monoisotopic (exact) mass is 412 g/mol. The molecule has 0 aromatic rings. The van der Waals surface area contributed by atoms with Crippen molar-refractivity contribution in [3.05, 3.63) is 11.6 Å². The molecule has 3 saturated carbocycles. The van der Waals surface area contributed by atoms with Gasteiger partial charge in [-0.2, -0.15) is 0 Å². The Morgan fingerprint density at radius 3 is 2.50 bits per heavy atom. The first kappa shape index (κ1) is 22.6. The van der Waals surface area contributed by atoms with Crippen molar-refractivity contribution in [2.45, 2.75) is 112 Å². The molecule has 0 amide bonds. The van der Waals surface area contributed by atoms with Crippen LogP contribution < -0.4 is 0 Å². The first-order valence-corrected chi connectivity index (χ1v) is 13.4. The van der Waals surface area contributed by atoms with E-state index in [0.717, 1.165) is 60.7 Å². The summed E-state index contributed by atoms with van der Waals surface area (Å²) in [6.45, 7) is 15.0. The minimum absolute atomic E-state index is 0.327. The Morgan fingerprint density at radius 2 is 1.80 bits per heavy atom. The highest BCUT2D eigenvalue weighted by Gasteiger charge is 2.59. The average Bonchev–Trinajstić information content (AvgIpc) is 3.06. The van der Waals surface area contributed by atoms with Gasteiger partial charge in [-0.15, -0.1) is 0 Å². The number of fused-ring (bicyclic) bond motifs is 5. The van der Waals surface area contributed by atoms with Gasteiger partial charge >= 0.3 is 0 Å². The van der Waals surface area contributed by atoms with Crippen LogP contribution in [-0.4, -0.2) is 5.78 Å². The van der Waals surface area contributed by atoms with Gasteiger partial charge in [-0.3, -0.25) is 4.79 Å². The van der Waals surface area contributed by atoms with Crippen molar-refractivity contribution in [3.63, 3.8) is 0 Å². The van der Waals surface area contributed by atoms with Crippen LogP contribution >= 0.6 is 0 Å². The van der Waals surface area contributed by atoms with E-state index in [4.69, 9.17) is 0 Å². The lowest BCUT2D eigenvalue weighted by Crippen LogP contribution is -2.50. The maximum atomic E-state index is 12.1. The second kappa shape index (κ2) is 8.40. The minimum Gasteiger partial charge on any atom is -0.299 e. The van der Waals surface area contributed by atoms with Crippen molar-refractivity contribution in [2.24, 2.45) is 52.3 Å². The first-order valence-electron chi connectivity index (χ1n) is 13.4. The normalized spacial score (nSPS) is 42.9. The summed E-state index contributed by atoms with van der Waals surface area (Å²) < 4.78 is 0. The molecule has 0 heterocycles. The van der Waals surface area contributed by atoms with Crippen LogP contribution in [0.3, 0.4) is 0 Å². The summed E-state index contributed by atoms with van der Waals surface area (Å²) in [4.78, 5) is 12.1. The van der Waals surface area contributed by atoms with E-state index in [1.54, 1.807) is 0 Å². The number of Topliss-reactive ketones (excluding diaryl/α,β-unsaturated/α-hetero) is 1. The molecule has 4 aliphatic rings. The Labute approximate surface area is 186 Å². The molecule has 3 fully saturated rings. The number of allylic oxidation sites excluding steroid dienone is 2. The van der Waals surface area contributed by atoms with E-state index < -0.39 is 0 Å². The molecule has 0 aromatic carbocycles. The Bertz CT molecular complexity index is 674. The van der Waals surface area contributed by atoms with E-state index in [2.05, 4.69) is 47.6 Å². The number of hydrogen-bond acceptors (Lipinski definition) is 1. The summed E-state index contributed by atoms with van der Waals surface area (Å²) in [5.41, 5.74) is 2.41. The molecule has 4 rings (SSSR count). The fourth-order valence-corrected chi connectivity index (χ4v) is 9.14. The zero-order chi connectivity index (χ0) is 21.7. The van der Waals surface area contributed by atoms with Gasteiger partial charge in [0.05, 0.1) is 0 Å². The summed E-state index contributed by atoms with van der Waals surface area (Å²) >= 11 is 0. The summed E-state index contributed by atoms with van der Waals surface area (Å²) in [6, 6.07) is 0. The van der Waals surface area contributed by atoms with Crippen molar-refractivity contribution >= 4 is 5.78 Å². The zero-order valence-corrected chi connectivity index (χ0v) is 20.8. The van der Waals surface area contributed by atoms with E-state index >= 15 is 0 Å². The van der Waals surface area contributed by atoms with Crippen LogP contribution in [0.1, 0.15) is 112 Å². The summed E-state index contributed by atoms with van der Waals surface area (Å²) in [6.07, 6.45) is 16.5. The van der Waals surface area contributed by atoms with Gasteiger partial charge in [0.25, 0.3) is 0 Å². The molecule has 0 aromatic heterocycles. The molecular weight excluding hydrogens is 364 g/mol. The minimum atomic E-state index is 0.327.